The minimum absolute atomic E-state index is 0.0916. The zero-order valence-electron chi connectivity index (χ0n) is 23.1. The van der Waals surface area contributed by atoms with Crippen molar-refractivity contribution in [2.75, 3.05) is 5.32 Å². The number of nitrogens with one attached hydrogen (secondary N) is 2. The molecule has 2 N–H and O–H groups in total. The topological polar surface area (TPSA) is 113 Å². The maximum atomic E-state index is 13.8. The molecule has 218 valence electrons. The summed E-state index contributed by atoms with van der Waals surface area (Å²) in [7, 11) is 0. The number of alkyl carbamates (subject to hydrolysis) is 1. The van der Waals surface area contributed by atoms with Gasteiger partial charge >= 0.3 is 6.09 Å². The molecule has 3 amide bonds. The van der Waals surface area contributed by atoms with Crippen molar-refractivity contribution in [1.29, 1.82) is 0 Å². The molecule has 1 aromatic heterocycles. The van der Waals surface area contributed by atoms with Crippen LogP contribution in [0.1, 0.15) is 29.0 Å². The maximum absolute atomic E-state index is 13.8. The Kier molecular flexibility index (Phi) is 9.42. The first kappa shape index (κ1) is 29.5. The number of carbonyl (C=O) groups is 3. The van der Waals surface area contributed by atoms with Crippen molar-refractivity contribution >= 4 is 46.2 Å². The second kappa shape index (κ2) is 13.8. The SMILES string of the molecule is C[C@H](NC(=O)OCc1ccccc1)C(=O)Nc1ccc(C2S/C(=N\c3cccc(F)c3)N(Cc3ccccn3)C2=O)cc1. The van der Waals surface area contributed by atoms with Gasteiger partial charge in [-0.1, -0.05) is 66.4 Å². The number of carbonyl (C=O) groups excluding carboxylic acids is 3. The molecule has 2 heterocycles. The number of ether oxygens (including phenoxy) is 1. The van der Waals surface area contributed by atoms with Crippen molar-refractivity contribution in [3.05, 3.63) is 126 Å². The van der Waals surface area contributed by atoms with Crippen molar-refractivity contribution in [3.63, 3.8) is 0 Å². The van der Waals surface area contributed by atoms with Crippen LogP contribution in [0.4, 0.5) is 20.6 Å². The molecule has 9 nitrogen and oxygen atoms in total. The number of thioether (sulfide) groups is 1. The smallest absolute Gasteiger partial charge is 0.408 e. The number of benzene rings is 3. The monoisotopic (exact) mass is 597 g/mol. The Balaban J connectivity index is 1.23. The van der Waals surface area contributed by atoms with Gasteiger partial charge in [-0.15, -0.1) is 0 Å². The summed E-state index contributed by atoms with van der Waals surface area (Å²) in [5, 5.41) is 5.11. The molecule has 11 heteroatoms. The quantitative estimate of drug-likeness (QED) is 0.246. The first-order chi connectivity index (χ1) is 20.9. The van der Waals surface area contributed by atoms with Gasteiger partial charge in [0.25, 0.3) is 0 Å². The molecule has 0 bridgehead atoms. The Bertz CT molecular complexity index is 1620. The summed E-state index contributed by atoms with van der Waals surface area (Å²) in [6.45, 7) is 1.86. The molecule has 1 saturated heterocycles. The molecule has 1 unspecified atom stereocenters. The predicted octanol–water partition coefficient (Wildman–Crippen LogP) is 5.98. The van der Waals surface area contributed by atoms with E-state index in [0.29, 0.717) is 27.8 Å². The van der Waals surface area contributed by atoms with Crippen LogP contribution in [0.15, 0.2) is 108 Å². The minimum Gasteiger partial charge on any atom is -0.445 e. The summed E-state index contributed by atoms with van der Waals surface area (Å²) in [5.41, 5.74) is 3.12. The van der Waals surface area contributed by atoms with E-state index in [1.54, 1.807) is 60.5 Å². The second-order valence-electron chi connectivity index (χ2n) is 9.66. The van der Waals surface area contributed by atoms with Gasteiger partial charge in [-0.3, -0.25) is 19.5 Å². The number of halogens is 1. The summed E-state index contributed by atoms with van der Waals surface area (Å²) in [4.78, 5) is 48.8. The molecular weight excluding hydrogens is 569 g/mol. The third-order valence-corrected chi connectivity index (χ3v) is 7.68. The molecule has 43 heavy (non-hydrogen) atoms. The molecule has 1 fully saturated rings. The lowest BCUT2D eigenvalue weighted by Crippen LogP contribution is -2.41. The Morgan fingerprint density at radius 2 is 1.79 bits per heavy atom. The van der Waals surface area contributed by atoms with Crippen molar-refractivity contribution in [2.45, 2.75) is 31.4 Å². The summed E-state index contributed by atoms with van der Waals surface area (Å²) < 4.78 is 19.0. The van der Waals surface area contributed by atoms with Gasteiger partial charge in [0, 0.05) is 11.9 Å². The zero-order chi connectivity index (χ0) is 30.2. The van der Waals surface area contributed by atoms with E-state index in [0.717, 1.165) is 5.56 Å². The number of hydrogen-bond donors (Lipinski definition) is 2. The molecule has 0 spiro atoms. The number of amidine groups is 1. The van der Waals surface area contributed by atoms with Gasteiger partial charge in [-0.25, -0.2) is 14.2 Å². The third-order valence-electron chi connectivity index (χ3n) is 6.45. The molecule has 3 aromatic carbocycles. The normalized spacial score (nSPS) is 16.1. The number of nitrogens with zero attached hydrogens (tertiary/aromatic N) is 3. The molecule has 0 saturated carbocycles. The van der Waals surface area contributed by atoms with E-state index in [2.05, 4.69) is 20.6 Å². The van der Waals surface area contributed by atoms with Gasteiger partial charge in [0.2, 0.25) is 11.8 Å². The summed E-state index contributed by atoms with van der Waals surface area (Å²) in [6.07, 6.45) is 0.950. The fourth-order valence-corrected chi connectivity index (χ4v) is 5.38. The molecule has 0 aliphatic carbocycles. The third kappa shape index (κ3) is 7.83. The van der Waals surface area contributed by atoms with Crippen LogP contribution in [-0.4, -0.2) is 39.0 Å². The van der Waals surface area contributed by atoms with E-state index in [9.17, 15) is 18.8 Å². The van der Waals surface area contributed by atoms with Crippen molar-refractivity contribution in [1.82, 2.24) is 15.2 Å². The fourth-order valence-electron chi connectivity index (χ4n) is 4.21. The van der Waals surface area contributed by atoms with E-state index in [1.165, 1.54) is 23.9 Å². The van der Waals surface area contributed by atoms with Crippen LogP contribution < -0.4 is 10.6 Å². The Labute approximate surface area is 252 Å². The van der Waals surface area contributed by atoms with Gasteiger partial charge in [-0.2, -0.15) is 0 Å². The molecule has 1 aliphatic rings. The van der Waals surface area contributed by atoms with E-state index in [4.69, 9.17) is 4.74 Å². The lowest BCUT2D eigenvalue weighted by atomic mass is 10.1. The Morgan fingerprint density at radius 1 is 1.02 bits per heavy atom. The highest BCUT2D eigenvalue weighted by Gasteiger charge is 2.39. The lowest BCUT2D eigenvalue weighted by Gasteiger charge is -2.16. The second-order valence-corrected chi connectivity index (χ2v) is 10.7. The highest BCUT2D eigenvalue weighted by atomic mass is 32.2. The fraction of sp³-hybridized carbons (Fsp3) is 0.156. The molecule has 2 atom stereocenters. The van der Waals surface area contributed by atoms with Crippen molar-refractivity contribution in [2.24, 2.45) is 4.99 Å². The van der Waals surface area contributed by atoms with Crippen LogP contribution >= 0.6 is 11.8 Å². The summed E-state index contributed by atoms with van der Waals surface area (Å²) >= 11 is 1.26. The average Bonchev–Trinajstić information content (AvgIpc) is 3.31. The highest BCUT2D eigenvalue weighted by Crippen LogP contribution is 2.41. The van der Waals surface area contributed by atoms with Crippen LogP contribution in [-0.2, 0) is 27.5 Å². The van der Waals surface area contributed by atoms with Gasteiger partial charge in [-0.05, 0) is 60.5 Å². The average molecular weight is 598 g/mol. The van der Waals surface area contributed by atoms with Crippen LogP contribution in [0, 0.1) is 5.82 Å². The zero-order valence-corrected chi connectivity index (χ0v) is 24.0. The molecule has 1 aliphatic heterocycles. The summed E-state index contributed by atoms with van der Waals surface area (Å²) in [6, 6.07) is 26.6. The van der Waals surface area contributed by atoms with Gasteiger partial charge < -0.3 is 15.4 Å². The lowest BCUT2D eigenvalue weighted by molar-refractivity contribution is -0.126. The number of amides is 3. The first-order valence-corrected chi connectivity index (χ1v) is 14.3. The van der Waals surface area contributed by atoms with Crippen LogP contribution in [0.3, 0.4) is 0 Å². The number of pyridine rings is 1. The Hall–Kier alpha value is -5.03. The Morgan fingerprint density at radius 3 is 2.51 bits per heavy atom. The number of rotatable bonds is 9. The van der Waals surface area contributed by atoms with Crippen molar-refractivity contribution < 1.29 is 23.5 Å². The standard InChI is InChI=1S/C32H28FN5O4S/c1-21(35-32(41)42-20-22-8-3-2-4-9-22)29(39)36-25-15-13-23(14-16-25)28-30(40)38(19-27-11-5-6-17-34-27)31(43-28)37-26-12-7-10-24(33)18-26/h2-18,21,28H,19-20H2,1H3,(H,35,41)(H,36,39)/b37-31-/t21-,28?/m0/s1. The highest BCUT2D eigenvalue weighted by molar-refractivity contribution is 8.15. The largest absolute Gasteiger partial charge is 0.445 e. The predicted molar refractivity (Wildman–Crippen MR) is 163 cm³/mol. The van der Waals surface area contributed by atoms with Gasteiger partial charge in [0.15, 0.2) is 5.17 Å². The van der Waals surface area contributed by atoms with Gasteiger partial charge in [0.05, 0.1) is 17.9 Å². The molecule has 5 rings (SSSR count). The molecule has 4 aromatic rings. The van der Waals surface area contributed by atoms with E-state index in [-0.39, 0.29) is 19.1 Å². The van der Waals surface area contributed by atoms with E-state index >= 15 is 0 Å². The van der Waals surface area contributed by atoms with Crippen LogP contribution in [0.25, 0.3) is 0 Å². The van der Waals surface area contributed by atoms with Crippen molar-refractivity contribution in [3.8, 4) is 0 Å². The summed E-state index contributed by atoms with van der Waals surface area (Å²) in [5.74, 6) is -1.04. The maximum Gasteiger partial charge on any atom is 0.408 e. The van der Waals surface area contributed by atoms with Gasteiger partial charge in [0.1, 0.15) is 23.7 Å². The van der Waals surface area contributed by atoms with E-state index < -0.39 is 29.1 Å². The van der Waals surface area contributed by atoms with E-state index in [1.807, 2.05) is 42.5 Å². The number of aliphatic imine (C=N–C) groups is 1. The molecular formula is C32H28FN5O4S. The first-order valence-electron chi connectivity index (χ1n) is 13.5. The number of anilines is 1. The van der Waals surface area contributed by atoms with Crippen LogP contribution in [0.2, 0.25) is 0 Å². The minimum atomic E-state index is -0.850. The number of hydrogen-bond acceptors (Lipinski definition) is 7. The number of aromatic nitrogens is 1. The van der Waals surface area contributed by atoms with Crippen LogP contribution in [0.5, 0.6) is 0 Å². The molecule has 0 radical (unpaired) electrons.